The van der Waals surface area contributed by atoms with Crippen LogP contribution in [0, 0.1) is 6.92 Å². The van der Waals surface area contributed by atoms with Crippen LogP contribution in [0.3, 0.4) is 0 Å². The molecule has 164 valence electrons. The van der Waals surface area contributed by atoms with Crippen LogP contribution < -0.4 is 9.62 Å². The van der Waals surface area contributed by atoms with Gasteiger partial charge < -0.3 is 4.90 Å². The average molecular weight is 470 g/mol. The predicted molar refractivity (Wildman–Crippen MR) is 113 cm³/mol. The maximum atomic E-state index is 13.0. The van der Waals surface area contributed by atoms with E-state index in [1.54, 1.807) is 11.8 Å². The summed E-state index contributed by atoms with van der Waals surface area (Å²) in [6.07, 6.45) is -3.60. The number of carbonyl (C=O) groups excluding carboxylic acids is 1. The number of anilines is 2. The van der Waals surface area contributed by atoms with Crippen molar-refractivity contribution in [1.82, 2.24) is 9.71 Å². The number of nitrogens with zero attached hydrogens (tertiary/aromatic N) is 2. The van der Waals surface area contributed by atoms with Gasteiger partial charge in [-0.2, -0.15) is 13.2 Å². The second-order valence-electron chi connectivity index (χ2n) is 6.72. The number of hydrogen-bond donors (Lipinski definition) is 1. The largest absolute Gasteiger partial charge is 0.416 e. The van der Waals surface area contributed by atoms with Gasteiger partial charge in [0.1, 0.15) is 5.69 Å². The van der Waals surface area contributed by atoms with Gasteiger partial charge in [0.25, 0.3) is 5.91 Å². The van der Waals surface area contributed by atoms with Crippen LogP contribution in [0.25, 0.3) is 0 Å². The fourth-order valence-corrected chi connectivity index (χ4v) is 4.15. The molecule has 0 spiro atoms. The minimum atomic E-state index is -4.46. The topological polar surface area (TPSA) is 79.4 Å². The fourth-order valence-electron chi connectivity index (χ4n) is 2.79. The van der Waals surface area contributed by atoms with Gasteiger partial charge >= 0.3 is 6.18 Å². The third kappa shape index (κ3) is 5.82. The molecule has 0 saturated heterocycles. The highest BCUT2D eigenvalue weighted by Crippen LogP contribution is 2.35. The molecule has 6 nitrogen and oxygen atoms in total. The first-order chi connectivity index (χ1) is 14.4. The van der Waals surface area contributed by atoms with Gasteiger partial charge in [-0.3, -0.25) is 4.79 Å². The summed E-state index contributed by atoms with van der Waals surface area (Å²) < 4.78 is 63.5. The van der Waals surface area contributed by atoms with E-state index in [2.05, 4.69) is 4.98 Å². The molecule has 31 heavy (non-hydrogen) atoms. The number of halogens is 3. The minimum Gasteiger partial charge on any atom is -0.313 e. The standard InChI is InChI=1S/C20H18F3N3O3S2/c1-13-17(18(27)25-31(2,28)29)24-19(30-13)26(12-14-6-4-3-5-7-14)16-10-8-15(9-11-16)20(21,22)23/h3-11H,12H2,1-2H3,(H,25,27). The zero-order chi connectivity index (χ0) is 22.8. The molecule has 0 atom stereocenters. The first kappa shape index (κ1) is 22.8. The van der Waals surface area contributed by atoms with E-state index in [4.69, 9.17) is 0 Å². The number of hydrogen-bond acceptors (Lipinski definition) is 6. The molecule has 3 rings (SSSR count). The van der Waals surface area contributed by atoms with E-state index < -0.39 is 27.7 Å². The van der Waals surface area contributed by atoms with Crippen LogP contribution in [0.5, 0.6) is 0 Å². The summed E-state index contributed by atoms with van der Waals surface area (Å²) in [5.74, 6) is -0.866. The maximum absolute atomic E-state index is 13.0. The van der Waals surface area contributed by atoms with Gasteiger partial charge in [0.05, 0.1) is 18.4 Å². The molecule has 11 heteroatoms. The van der Waals surface area contributed by atoms with Gasteiger partial charge in [-0.1, -0.05) is 30.3 Å². The number of benzene rings is 2. The number of carbonyl (C=O) groups is 1. The van der Waals surface area contributed by atoms with Crippen LogP contribution in [0.2, 0.25) is 0 Å². The molecule has 2 aromatic carbocycles. The minimum absolute atomic E-state index is 0.0598. The molecular weight excluding hydrogens is 451 g/mol. The van der Waals surface area contributed by atoms with Crippen molar-refractivity contribution in [1.29, 1.82) is 0 Å². The molecule has 0 aliphatic carbocycles. The number of aryl methyl sites for hydroxylation is 1. The van der Waals surface area contributed by atoms with E-state index in [1.165, 1.54) is 12.1 Å². The number of nitrogens with one attached hydrogen (secondary N) is 1. The van der Waals surface area contributed by atoms with Crippen molar-refractivity contribution in [3.63, 3.8) is 0 Å². The van der Waals surface area contributed by atoms with Crippen molar-refractivity contribution < 1.29 is 26.4 Å². The Kier molecular flexibility index (Phi) is 6.37. The number of aromatic nitrogens is 1. The highest BCUT2D eigenvalue weighted by molar-refractivity contribution is 7.89. The van der Waals surface area contributed by atoms with Crippen molar-refractivity contribution in [2.75, 3.05) is 11.2 Å². The Balaban J connectivity index is 2.01. The lowest BCUT2D eigenvalue weighted by Gasteiger charge is -2.22. The smallest absolute Gasteiger partial charge is 0.313 e. The van der Waals surface area contributed by atoms with E-state index >= 15 is 0 Å². The lowest BCUT2D eigenvalue weighted by Crippen LogP contribution is -2.30. The van der Waals surface area contributed by atoms with E-state index in [-0.39, 0.29) is 12.2 Å². The fraction of sp³-hybridized carbons (Fsp3) is 0.200. The lowest BCUT2D eigenvalue weighted by molar-refractivity contribution is -0.137. The molecule has 3 aromatic rings. The van der Waals surface area contributed by atoms with Crippen LogP contribution in [0.15, 0.2) is 54.6 Å². The van der Waals surface area contributed by atoms with Crippen LogP contribution in [-0.4, -0.2) is 25.6 Å². The molecule has 1 heterocycles. The number of thiazole rings is 1. The number of sulfonamides is 1. The van der Waals surface area contributed by atoms with Gasteiger partial charge in [0, 0.05) is 10.6 Å². The highest BCUT2D eigenvalue weighted by atomic mass is 32.2. The van der Waals surface area contributed by atoms with Gasteiger partial charge in [-0.25, -0.2) is 18.1 Å². The quantitative estimate of drug-likeness (QED) is 0.575. The first-order valence-corrected chi connectivity index (χ1v) is 11.6. The van der Waals surface area contributed by atoms with Crippen LogP contribution in [0.4, 0.5) is 24.0 Å². The summed E-state index contributed by atoms with van der Waals surface area (Å²) in [5, 5.41) is 0.347. The Labute approximate surface area is 181 Å². The molecular formula is C20H18F3N3O3S2. The summed E-state index contributed by atoms with van der Waals surface area (Å²) in [5.41, 5.74) is 0.480. The molecule has 1 amide bonds. The van der Waals surface area contributed by atoms with Crippen LogP contribution >= 0.6 is 11.3 Å². The Morgan fingerprint density at radius 3 is 2.26 bits per heavy atom. The summed E-state index contributed by atoms with van der Waals surface area (Å²) >= 11 is 1.14. The number of rotatable bonds is 6. The number of alkyl halides is 3. The Morgan fingerprint density at radius 1 is 1.10 bits per heavy atom. The molecule has 0 saturated carbocycles. The van der Waals surface area contributed by atoms with E-state index in [0.29, 0.717) is 15.7 Å². The molecule has 1 aromatic heterocycles. The van der Waals surface area contributed by atoms with Gasteiger partial charge in [-0.15, -0.1) is 11.3 Å². The Morgan fingerprint density at radius 2 is 1.71 bits per heavy atom. The van der Waals surface area contributed by atoms with Crippen molar-refractivity contribution >= 4 is 38.1 Å². The molecule has 1 N–H and O–H groups in total. The van der Waals surface area contributed by atoms with Crippen molar-refractivity contribution in [2.24, 2.45) is 0 Å². The Hall–Kier alpha value is -2.92. The van der Waals surface area contributed by atoms with Gasteiger partial charge in [0.15, 0.2) is 5.13 Å². The second-order valence-corrected chi connectivity index (χ2v) is 9.65. The van der Waals surface area contributed by atoms with Gasteiger partial charge in [-0.05, 0) is 36.8 Å². The van der Waals surface area contributed by atoms with Crippen LogP contribution in [0.1, 0.15) is 26.5 Å². The van der Waals surface area contributed by atoms with E-state index in [0.717, 1.165) is 35.3 Å². The summed E-state index contributed by atoms with van der Waals surface area (Å²) in [6.45, 7) is 1.90. The Bertz CT molecular complexity index is 1180. The zero-order valence-electron chi connectivity index (χ0n) is 16.5. The summed E-state index contributed by atoms with van der Waals surface area (Å²) in [6, 6.07) is 13.8. The normalized spacial score (nSPS) is 11.9. The van der Waals surface area contributed by atoms with Crippen molar-refractivity contribution in [3.05, 3.63) is 76.3 Å². The second kappa shape index (κ2) is 8.67. The SMILES string of the molecule is Cc1sc(N(Cc2ccccc2)c2ccc(C(F)(F)F)cc2)nc1C(=O)NS(C)(=O)=O. The van der Waals surface area contributed by atoms with E-state index in [9.17, 15) is 26.4 Å². The molecule has 0 radical (unpaired) electrons. The molecule has 0 aliphatic rings. The van der Waals surface area contributed by atoms with Gasteiger partial charge in [0.2, 0.25) is 10.0 Å². The van der Waals surface area contributed by atoms with E-state index in [1.807, 2.05) is 35.1 Å². The van der Waals surface area contributed by atoms with Crippen LogP contribution in [-0.2, 0) is 22.7 Å². The molecule has 0 aliphatic heterocycles. The molecule has 0 bridgehead atoms. The highest BCUT2D eigenvalue weighted by Gasteiger charge is 2.30. The van der Waals surface area contributed by atoms with Crippen molar-refractivity contribution in [3.8, 4) is 0 Å². The third-order valence-corrected chi connectivity index (χ3v) is 5.75. The zero-order valence-corrected chi connectivity index (χ0v) is 18.1. The maximum Gasteiger partial charge on any atom is 0.416 e. The number of amides is 1. The average Bonchev–Trinajstić information content (AvgIpc) is 3.06. The summed E-state index contributed by atoms with van der Waals surface area (Å²) in [7, 11) is -3.77. The first-order valence-electron chi connectivity index (χ1n) is 8.92. The monoisotopic (exact) mass is 469 g/mol. The summed E-state index contributed by atoms with van der Waals surface area (Å²) in [4.78, 5) is 18.7. The lowest BCUT2D eigenvalue weighted by atomic mass is 10.1. The van der Waals surface area contributed by atoms with Crippen molar-refractivity contribution in [2.45, 2.75) is 19.6 Å². The molecule has 0 fully saturated rings. The molecule has 0 unspecified atom stereocenters. The third-order valence-electron chi connectivity index (χ3n) is 4.20. The predicted octanol–water partition coefficient (Wildman–Crippen LogP) is 4.50.